The number of sulfonamides is 1. The summed E-state index contributed by atoms with van der Waals surface area (Å²) >= 11 is 0. The molecule has 34 heavy (non-hydrogen) atoms. The van der Waals surface area contributed by atoms with E-state index >= 15 is 0 Å². The highest BCUT2D eigenvalue weighted by molar-refractivity contribution is 7.92. The van der Waals surface area contributed by atoms with E-state index in [4.69, 9.17) is 0 Å². The van der Waals surface area contributed by atoms with Crippen molar-refractivity contribution in [1.82, 2.24) is 15.5 Å². The molecule has 9 nitrogen and oxygen atoms in total. The van der Waals surface area contributed by atoms with E-state index in [0.717, 1.165) is 19.5 Å². The molecule has 0 aliphatic carbocycles. The molecule has 0 atom stereocenters. The van der Waals surface area contributed by atoms with Crippen LogP contribution in [0.15, 0.2) is 47.4 Å². The maximum Gasteiger partial charge on any atom is 0.262 e. The van der Waals surface area contributed by atoms with Crippen LogP contribution in [0.3, 0.4) is 0 Å². The monoisotopic (exact) mass is 487 g/mol. The molecule has 0 bridgehead atoms. The van der Waals surface area contributed by atoms with Crippen molar-refractivity contribution >= 4 is 33.2 Å². The van der Waals surface area contributed by atoms with Crippen LogP contribution >= 0.6 is 0 Å². The number of nitrogens with one attached hydrogen (secondary N) is 3. The molecule has 2 amide bonds. The van der Waals surface area contributed by atoms with Crippen LogP contribution in [-0.4, -0.2) is 71.4 Å². The first-order valence-corrected chi connectivity index (χ1v) is 12.9. The highest BCUT2D eigenvalue weighted by atomic mass is 32.2. The molecule has 0 unspecified atom stereocenters. The van der Waals surface area contributed by atoms with Gasteiger partial charge in [0.15, 0.2) is 0 Å². The van der Waals surface area contributed by atoms with Crippen LogP contribution < -0.4 is 20.3 Å². The number of benzene rings is 2. The summed E-state index contributed by atoms with van der Waals surface area (Å²) in [7, 11) is -2.33. The third kappa shape index (κ3) is 6.27. The highest BCUT2D eigenvalue weighted by Crippen LogP contribution is 2.31. The molecule has 2 aromatic rings. The minimum atomic E-state index is -3.88. The van der Waals surface area contributed by atoms with Gasteiger partial charge in [-0.2, -0.15) is 0 Å². The van der Waals surface area contributed by atoms with E-state index in [-0.39, 0.29) is 23.3 Å². The molecule has 3 N–H and O–H groups in total. The van der Waals surface area contributed by atoms with Crippen molar-refractivity contribution in [2.75, 3.05) is 55.9 Å². The largest absolute Gasteiger partial charge is 0.367 e. The Kier molecular flexibility index (Phi) is 8.51. The average molecular weight is 488 g/mol. The number of amides is 2. The molecule has 184 valence electrons. The molecule has 0 saturated carbocycles. The van der Waals surface area contributed by atoms with Crippen molar-refractivity contribution in [2.45, 2.75) is 25.2 Å². The van der Waals surface area contributed by atoms with Gasteiger partial charge in [-0.15, -0.1) is 0 Å². The molecule has 0 aromatic heterocycles. The maximum absolute atomic E-state index is 13.2. The summed E-state index contributed by atoms with van der Waals surface area (Å²) in [5.74, 6) is -0.606. The van der Waals surface area contributed by atoms with Gasteiger partial charge in [0.2, 0.25) is 5.91 Å². The Morgan fingerprint density at radius 3 is 2.50 bits per heavy atom. The van der Waals surface area contributed by atoms with E-state index < -0.39 is 10.0 Å². The number of carbonyl (C=O) groups excluding carboxylic acids is 2. The minimum Gasteiger partial charge on any atom is -0.367 e. The molecule has 1 aliphatic heterocycles. The van der Waals surface area contributed by atoms with Crippen molar-refractivity contribution in [2.24, 2.45) is 0 Å². The maximum atomic E-state index is 13.2. The van der Waals surface area contributed by atoms with E-state index in [2.05, 4.69) is 20.3 Å². The van der Waals surface area contributed by atoms with Crippen molar-refractivity contribution in [3.05, 3.63) is 53.6 Å². The van der Waals surface area contributed by atoms with Gasteiger partial charge >= 0.3 is 0 Å². The number of nitrogens with zero attached hydrogens (tertiary/aromatic N) is 2. The van der Waals surface area contributed by atoms with Crippen LogP contribution in [0.1, 0.15) is 29.3 Å². The Morgan fingerprint density at radius 1 is 1.12 bits per heavy atom. The number of hydrogen-bond acceptors (Lipinski definition) is 6. The van der Waals surface area contributed by atoms with E-state index in [1.807, 2.05) is 6.92 Å². The van der Waals surface area contributed by atoms with Gasteiger partial charge in [0.1, 0.15) is 0 Å². The molecule has 0 spiro atoms. The summed E-state index contributed by atoms with van der Waals surface area (Å²) in [6.45, 7) is 7.14. The summed E-state index contributed by atoms with van der Waals surface area (Å²) < 4.78 is 29.2. The second-order valence-corrected chi connectivity index (χ2v) is 10.0. The normalized spacial score (nSPS) is 13.9. The third-order valence-corrected chi connectivity index (χ3v) is 7.15. The quantitative estimate of drug-likeness (QED) is 0.498. The van der Waals surface area contributed by atoms with Crippen LogP contribution in [0, 0.1) is 6.92 Å². The van der Waals surface area contributed by atoms with Crippen molar-refractivity contribution in [1.29, 1.82) is 0 Å². The first kappa shape index (κ1) is 25.5. The number of piperazine rings is 1. The summed E-state index contributed by atoms with van der Waals surface area (Å²) in [6, 6.07) is 11.7. The van der Waals surface area contributed by atoms with Gasteiger partial charge in [0, 0.05) is 45.3 Å². The number of likely N-dealkylation sites (N-methyl/N-ethyl adjacent to an activating group) is 1. The van der Waals surface area contributed by atoms with Gasteiger partial charge in [-0.3, -0.25) is 14.3 Å². The van der Waals surface area contributed by atoms with Crippen LogP contribution in [-0.2, 0) is 14.8 Å². The lowest BCUT2D eigenvalue weighted by atomic mass is 10.1. The van der Waals surface area contributed by atoms with Gasteiger partial charge < -0.3 is 20.4 Å². The summed E-state index contributed by atoms with van der Waals surface area (Å²) in [4.78, 5) is 28.7. The number of hydrogen-bond donors (Lipinski definition) is 3. The molecule has 1 heterocycles. The molecule has 1 aliphatic rings. The van der Waals surface area contributed by atoms with Crippen LogP contribution in [0.4, 0.5) is 11.4 Å². The zero-order valence-electron chi connectivity index (χ0n) is 19.9. The zero-order chi connectivity index (χ0) is 24.7. The lowest BCUT2D eigenvalue weighted by molar-refractivity contribution is -0.121. The van der Waals surface area contributed by atoms with Gasteiger partial charge in [-0.1, -0.05) is 25.1 Å². The lowest BCUT2D eigenvalue weighted by Crippen LogP contribution is -2.44. The highest BCUT2D eigenvalue weighted by Gasteiger charge is 2.23. The molecule has 3 rings (SSSR count). The van der Waals surface area contributed by atoms with Crippen LogP contribution in [0.5, 0.6) is 0 Å². The average Bonchev–Trinajstić information content (AvgIpc) is 2.82. The molecule has 1 saturated heterocycles. The summed E-state index contributed by atoms with van der Waals surface area (Å²) in [5, 5.41) is 6.03. The Morgan fingerprint density at radius 2 is 1.82 bits per heavy atom. The van der Waals surface area contributed by atoms with Gasteiger partial charge in [-0.05, 0) is 43.2 Å². The fourth-order valence-electron chi connectivity index (χ4n) is 3.82. The SMILES string of the molecule is CCCNC(=O)CN(C)C(=O)c1ccc(N2CCNCC2)c(NS(=O)(=O)c2ccccc2C)c1. The number of anilines is 2. The molecule has 1 fully saturated rings. The number of rotatable bonds is 9. The summed E-state index contributed by atoms with van der Waals surface area (Å²) in [6.07, 6.45) is 0.807. The first-order valence-electron chi connectivity index (χ1n) is 11.4. The van der Waals surface area contributed by atoms with Gasteiger partial charge in [0.05, 0.1) is 22.8 Å². The van der Waals surface area contributed by atoms with Crippen LogP contribution in [0.25, 0.3) is 0 Å². The predicted molar refractivity (Wildman–Crippen MR) is 134 cm³/mol. The van der Waals surface area contributed by atoms with Crippen LogP contribution in [0.2, 0.25) is 0 Å². The smallest absolute Gasteiger partial charge is 0.262 e. The van der Waals surface area contributed by atoms with E-state index in [1.165, 1.54) is 4.90 Å². The molecular formula is C24H33N5O4S. The van der Waals surface area contributed by atoms with Crippen molar-refractivity contribution in [3.63, 3.8) is 0 Å². The minimum absolute atomic E-state index is 0.0807. The summed E-state index contributed by atoms with van der Waals surface area (Å²) in [5.41, 5.74) is 1.97. The predicted octanol–water partition coefficient (Wildman–Crippen LogP) is 1.80. The van der Waals surface area contributed by atoms with E-state index in [1.54, 1.807) is 56.4 Å². The lowest BCUT2D eigenvalue weighted by Gasteiger charge is -2.31. The van der Waals surface area contributed by atoms with Gasteiger partial charge in [0.25, 0.3) is 15.9 Å². The zero-order valence-corrected chi connectivity index (χ0v) is 20.7. The van der Waals surface area contributed by atoms with Gasteiger partial charge in [-0.25, -0.2) is 8.42 Å². The third-order valence-electron chi connectivity index (χ3n) is 5.63. The molecule has 10 heteroatoms. The molecule has 2 aromatic carbocycles. The topological polar surface area (TPSA) is 111 Å². The second-order valence-electron chi connectivity index (χ2n) is 8.35. The van der Waals surface area contributed by atoms with E-state index in [0.29, 0.717) is 42.1 Å². The number of carbonyl (C=O) groups is 2. The second kappa shape index (κ2) is 11.3. The van der Waals surface area contributed by atoms with Crippen molar-refractivity contribution in [3.8, 4) is 0 Å². The Balaban J connectivity index is 1.92. The fourth-order valence-corrected chi connectivity index (χ4v) is 5.13. The standard InChI is InChI=1S/C24H33N5O4S/c1-4-11-26-23(30)17-28(3)24(31)19-9-10-21(29-14-12-25-13-15-29)20(16-19)27-34(32,33)22-8-6-5-7-18(22)2/h5-10,16,25,27H,4,11-15,17H2,1-3H3,(H,26,30). The number of aryl methyl sites for hydroxylation is 1. The van der Waals surface area contributed by atoms with Crippen molar-refractivity contribution < 1.29 is 18.0 Å². The molecular weight excluding hydrogens is 454 g/mol. The Labute approximate surface area is 201 Å². The fraction of sp³-hybridized carbons (Fsp3) is 0.417. The van der Waals surface area contributed by atoms with E-state index in [9.17, 15) is 18.0 Å². The Bertz CT molecular complexity index is 1130. The molecule has 0 radical (unpaired) electrons. The Hall–Kier alpha value is -3.11. The first-order chi connectivity index (χ1) is 16.2.